The monoisotopic (exact) mass is 382 g/mol. The Morgan fingerprint density at radius 3 is 2.54 bits per heavy atom. The van der Waals surface area contributed by atoms with Crippen LogP contribution in [0.15, 0.2) is 30.7 Å². The predicted octanol–water partition coefficient (Wildman–Crippen LogP) is 2.89. The van der Waals surface area contributed by atoms with Crippen LogP contribution in [0.3, 0.4) is 0 Å². The number of hydrogen-bond acceptors (Lipinski definition) is 4. The maximum atomic E-state index is 12.9. The quantitative estimate of drug-likeness (QED) is 0.886. The van der Waals surface area contributed by atoms with Crippen LogP contribution in [-0.2, 0) is 7.05 Å². The number of nitrogens with zero attached hydrogens (tertiary/aromatic N) is 5. The highest BCUT2D eigenvalue weighted by atomic mass is 16.2. The molecule has 7 heteroatoms. The minimum atomic E-state index is 0.0179. The maximum absolute atomic E-state index is 12.9. The first kappa shape index (κ1) is 18.8. The van der Waals surface area contributed by atoms with Gasteiger partial charge in [0.2, 0.25) is 0 Å². The number of carbonyl (C=O) groups excluding carboxylic acids is 1. The summed E-state index contributed by atoms with van der Waals surface area (Å²) in [6.45, 7) is 9.02. The highest BCUT2D eigenvalue weighted by Gasteiger charge is 2.51. The molecule has 0 aromatic carbocycles. The average Bonchev–Trinajstić information content (AvgIpc) is 3.06. The van der Waals surface area contributed by atoms with E-state index in [1.807, 2.05) is 35.8 Å². The first-order valence-electron chi connectivity index (χ1n) is 10.1. The second kappa shape index (κ2) is 7.11. The van der Waals surface area contributed by atoms with Crippen molar-refractivity contribution in [3.8, 4) is 0 Å². The van der Waals surface area contributed by atoms with Crippen LogP contribution in [0.25, 0.3) is 0 Å². The lowest BCUT2D eigenvalue weighted by Crippen LogP contribution is -2.62. The van der Waals surface area contributed by atoms with Crippen molar-refractivity contribution in [2.75, 3.05) is 24.5 Å². The molecule has 2 fully saturated rings. The maximum Gasteiger partial charge on any atom is 0.318 e. The van der Waals surface area contributed by atoms with Crippen LogP contribution in [0, 0.1) is 12.3 Å². The summed E-state index contributed by atoms with van der Waals surface area (Å²) in [6, 6.07) is 4.43. The van der Waals surface area contributed by atoms with Gasteiger partial charge in [-0.25, -0.2) is 14.8 Å². The van der Waals surface area contributed by atoms with Crippen molar-refractivity contribution in [3.63, 3.8) is 0 Å². The summed E-state index contributed by atoms with van der Waals surface area (Å²) in [6.07, 6.45) is 7.52. The molecule has 2 aromatic heterocycles. The van der Waals surface area contributed by atoms with E-state index >= 15 is 0 Å². The number of rotatable bonds is 3. The normalized spacial score (nSPS) is 22.1. The van der Waals surface area contributed by atoms with Crippen molar-refractivity contribution in [3.05, 3.63) is 42.1 Å². The summed E-state index contributed by atoms with van der Waals surface area (Å²) < 4.78 is 2.01. The van der Waals surface area contributed by atoms with Crippen molar-refractivity contribution >= 4 is 11.8 Å². The van der Waals surface area contributed by atoms with E-state index in [9.17, 15) is 4.79 Å². The Balaban J connectivity index is 1.34. The van der Waals surface area contributed by atoms with Crippen LogP contribution in [0.2, 0.25) is 0 Å². The van der Waals surface area contributed by atoms with E-state index in [-0.39, 0.29) is 23.5 Å². The van der Waals surface area contributed by atoms with Gasteiger partial charge in [0.05, 0.1) is 6.04 Å². The van der Waals surface area contributed by atoms with Crippen molar-refractivity contribution in [2.24, 2.45) is 12.5 Å². The largest absolute Gasteiger partial charge is 0.356 e. The number of nitrogens with one attached hydrogen (secondary N) is 1. The van der Waals surface area contributed by atoms with E-state index in [2.05, 4.69) is 46.2 Å². The Labute approximate surface area is 166 Å². The van der Waals surface area contributed by atoms with Crippen LogP contribution in [-0.4, -0.2) is 51.1 Å². The number of hydrogen-bond donors (Lipinski definition) is 1. The Bertz CT molecular complexity index is 835. The number of piperidine rings is 1. The fraction of sp³-hybridized carbons (Fsp3) is 0.571. The topological polar surface area (TPSA) is 66.3 Å². The molecule has 150 valence electrons. The zero-order valence-corrected chi connectivity index (χ0v) is 17.2. The number of aryl methyl sites for hydroxylation is 2. The lowest BCUT2D eigenvalue weighted by Gasteiger charge is -2.53. The average molecular weight is 383 g/mol. The van der Waals surface area contributed by atoms with E-state index in [1.165, 1.54) is 5.56 Å². The number of anilines is 1. The predicted molar refractivity (Wildman–Crippen MR) is 109 cm³/mol. The van der Waals surface area contributed by atoms with Crippen molar-refractivity contribution < 1.29 is 4.79 Å². The molecular weight excluding hydrogens is 352 g/mol. The smallest absolute Gasteiger partial charge is 0.318 e. The number of imidazole rings is 1. The van der Waals surface area contributed by atoms with Gasteiger partial charge in [-0.05, 0) is 31.4 Å². The standard InChI is InChI=1S/C21H30N6O/c1-15-5-6-17(23-13-15)26-10-7-16(8-11-26)24-20(28)27-14-21(2,3)18(27)19-22-9-12-25(19)4/h5-6,9,12-13,16,18H,7-8,10-11,14H2,1-4H3,(H,24,28). The zero-order valence-electron chi connectivity index (χ0n) is 17.2. The number of carbonyl (C=O) groups is 1. The van der Waals surface area contributed by atoms with Crippen LogP contribution < -0.4 is 10.2 Å². The molecule has 1 atom stereocenters. The Kier molecular flexibility index (Phi) is 4.77. The minimum absolute atomic E-state index is 0.0179. The molecule has 0 bridgehead atoms. The second-order valence-electron chi connectivity index (χ2n) is 8.82. The molecule has 4 heterocycles. The molecule has 2 saturated heterocycles. The number of urea groups is 1. The third kappa shape index (κ3) is 3.45. The van der Waals surface area contributed by atoms with Gasteiger partial charge in [-0.3, -0.25) is 0 Å². The summed E-state index contributed by atoms with van der Waals surface area (Å²) in [4.78, 5) is 26.2. The Morgan fingerprint density at radius 2 is 1.96 bits per heavy atom. The molecule has 0 aliphatic carbocycles. The highest BCUT2D eigenvalue weighted by molar-refractivity contribution is 5.76. The molecule has 2 aliphatic rings. The Morgan fingerprint density at radius 1 is 1.21 bits per heavy atom. The van der Waals surface area contributed by atoms with E-state index < -0.39 is 0 Å². The molecule has 1 N–H and O–H groups in total. The Hall–Kier alpha value is -2.57. The molecule has 0 spiro atoms. The number of likely N-dealkylation sites (tertiary alicyclic amines) is 1. The number of amides is 2. The van der Waals surface area contributed by atoms with Crippen LogP contribution in [0.4, 0.5) is 10.6 Å². The second-order valence-corrected chi connectivity index (χ2v) is 8.82. The highest BCUT2D eigenvalue weighted by Crippen LogP contribution is 2.47. The molecule has 4 rings (SSSR count). The van der Waals surface area contributed by atoms with Gasteiger partial charge in [0.25, 0.3) is 0 Å². The summed E-state index contributed by atoms with van der Waals surface area (Å²) in [5.41, 5.74) is 1.21. The lowest BCUT2D eigenvalue weighted by atomic mass is 9.74. The fourth-order valence-corrected chi connectivity index (χ4v) is 4.40. The van der Waals surface area contributed by atoms with Gasteiger partial charge in [0.1, 0.15) is 11.6 Å². The third-order valence-electron chi connectivity index (χ3n) is 6.04. The van der Waals surface area contributed by atoms with Crippen LogP contribution in [0.1, 0.15) is 44.1 Å². The van der Waals surface area contributed by atoms with Crippen LogP contribution >= 0.6 is 0 Å². The molecule has 1 unspecified atom stereocenters. The third-order valence-corrected chi connectivity index (χ3v) is 6.04. The summed E-state index contributed by atoms with van der Waals surface area (Å²) in [7, 11) is 1.99. The number of aromatic nitrogens is 3. The molecule has 28 heavy (non-hydrogen) atoms. The molecule has 0 radical (unpaired) electrons. The van der Waals surface area contributed by atoms with Crippen molar-refractivity contribution in [1.82, 2.24) is 24.8 Å². The van der Waals surface area contributed by atoms with Gasteiger partial charge >= 0.3 is 6.03 Å². The molecule has 0 saturated carbocycles. The van der Waals surface area contributed by atoms with Gasteiger partial charge in [-0.15, -0.1) is 0 Å². The first-order chi connectivity index (χ1) is 13.3. The van der Waals surface area contributed by atoms with E-state index in [0.717, 1.165) is 44.1 Å². The zero-order chi connectivity index (χ0) is 19.9. The summed E-state index contributed by atoms with van der Waals surface area (Å²) in [5.74, 6) is 1.97. The van der Waals surface area contributed by atoms with Crippen molar-refractivity contribution in [1.29, 1.82) is 0 Å². The summed E-state index contributed by atoms with van der Waals surface area (Å²) >= 11 is 0. The molecular formula is C21H30N6O. The number of pyridine rings is 1. The van der Waals surface area contributed by atoms with Gasteiger partial charge in [0.15, 0.2) is 0 Å². The molecule has 7 nitrogen and oxygen atoms in total. The first-order valence-corrected chi connectivity index (χ1v) is 10.1. The fourth-order valence-electron chi connectivity index (χ4n) is 4.40. The molecule has 2 aromatic rings. The van der Waals surface area contributed by atoms with Gasteiger partial charge in [0, 0.05) is 56.7 Å². The summed E-state index contributed by atoms with van der Waals surface area (Å²) in [5, 5.41) is 3.25. The van der Waals surface area contributed by atoms with Gasteiger partial charge < -0.3 is 19.7 Å². The SMILES string of the molecule is Cc1ccc(N2CCC(NC(=O)N3CC(C)(C)C3c3nccn3C)CC2)nc1. The van der Waals surface area contributed by atoms with E-state index in [0.29, 0.717) is 0 Å². The van der Waals surface area contributed by atoms with Gasteiger partial charge in [-0.1, -0.05) is 19.9 Å². The van der Waals surface area contributed by atoms with E-state index in [4.69, 9.17) is 0 Å². The molecule has 2 amide bonds. The molecule has 2 aliphatic heterocycles. The van der Waals surface area contributed by atoms with Crippen LogP contribution in [0.5, 0.6) is 0 Å². The van der Waals surface area contributed by atoms with E-state index in [1.54, 1.807) is 6.20 Å². The van der Waals surface area contributed by atoms with Crippen molar-refractivity contribution in [2.45, 2.75) is 45.7 Å². The lowest BCUT2D eigenvalue weighted by molar-refractivity contribution is -0.0240. The van der Waals surface area contributed by atoms with Gasteiger partial charge in [-0.2, -0.15) is 0 Å². The minimum Gasteiger partial charge on any atom is -0.356 e.